The van der Waals surface area contributed by atoms with Gasteiger partial charge in [0.15, 0.2) is 0 Å². The predicted octanol–water partition coefficient (Wildman–Crippen LogP) is 2.12. The fourth-order valence-electron chi connectivity index (χ4n) is 2.03. The number of nitrogens with zero attached hydrogens (tertiary/aromatic N) is 3. The highest BCUT2D eigenvalue weighted by molar-refractivity contribution is 5.86. The van der Waals surface area contributed by atoms with E-state index < -0.39 is 0 Å². The third-order valence-electron chi connectivity index (χ3n) is 2.86. The zero-order valence-corrected chi connectivity index (χ0v) is 9.64. The van der Waals surface area contributed by atoms with Crippen LogP contribution in [0.3, 0.4) is 0 Å². The molecule has 5 heteroatoms. The minimum Gasteiger partial charge on any atom is -0.368 e. The van der Waals surface area contributed by atoms with E-state index in [1.807, 2.05) is 30.8 Å². The first-order valence-electron chi connectivity index (χ1n) is 5.31. The van der Waals surface area contributed by atoms with Crippen molar-refractivity contribution in [2.45, 2.75) is 6.92 Å². The SMILES string of the molecule is Cc1nn(C)c2ccc(-c3cc(N)on3)cc12. The average Bonchev–Trinajstić information content (AvgIpc) is 2.85. The molecule has 0 bridgehead atoms. The highest BCUT2D eigenvalue weighted by Crippen LogP contribution is 2.26. The lowest BCUT2D eigenvalue weighted by Gasteiger charge is -1.97. The van der Waals surface area contributed by atoms with Crippen LogP contribution in [0.4, 0.5) is 5.88 Å². The molecule has 0 amide bonds. The number of nitrogen functional groups attached to an aromatic ring is 1. The van der Waals surface area contributed by atoms with Gasteiger partial charge < -0.3 is 10.3 Å². The van der Waals surface area contributed by atoms with Crippen LogP contribution in [-0.2, 0) is 7.05 Å². The van der Waals surface area contributed by atoms with E-state index in [-0.39, 0.29) is 0 Å². The van der Waals surface area contributed by atoms with E-state index in [1.54, 1.807) is 6.07 Å². The number of benzene rings is 1. The standard InChI is InChI=1S/C12H12N4O/c1-7-9-5-8(10-6-12(13)17-15-10)3-4-11(9)16(2)14-7/h3-6H,13H2,1-2H3. The van der Waals surface area contributed by atoms with Gasteiger partial charge in [0.25, 0.3) is 0 Å². The first-order chi connectivity index (χ1) is 8.15. The number of hydrogen-bond donors (Lipinski definition) is 1. The number of hydrogen-bond acceptors (Lipinski definition) is 4. The monoisotopic (exact) mass is 228 g/mol. The normalized spacial score (nSPS) is 11.2. The Morgan fingerprint density at radius 1 is 1.29 bits per heavy atom. The molecule has 0 saturated carbocycles. The van der Waals surface area contributed by atoms with Crippen LogP contribution in [0.2, 0.25) is 0 Å². The van der Waals surface area contributed by atoms with Crippen LogP contribution in [0.25, 0.3) is 22.2 Å². The molecule has 0 aliphatic rings. The van der Waals surface area contributed by atoms with Crippen LogP contribution in [-0.4, -0.2) is 14.9 Å². The van der Waals surface area contributed by atoms with Crippen LogP contribution >= 0.6 is 0 Å². The molecule has 86 valence electrons. The lowest BCUT2D eigenvalue weighted by Crippen LogP contribution is -1.89. The molecule has 2 aromatic heterocycles. The number of aryl methyl sites for hydroxylation is 2. The maximum absolute atomic E-state index is 5.52. The summed E-state index contributed by atoms with van der Waals surface area (Å²) in [6, 6.07) is 7.78. The van der Waals surface area contributed by atoms with Gasteiger partial charge in [0.05, 0.1) is 11.2 Å². The number of anilines is 1. The van der Waals surface area contributed by atoms with Gasteiger partial charge in [0.2, 0.25) is 5.88 Å². The maximum Gasteiger partial charge on any atom is 0.222 e. The van der Waals surface area contributed by atoms with Gasteiger partial charge in [-0.15, -0.1) is 0 Å². The zero-order valence-electron chi connectivity index (χ0n) is 9.64. The van der Waals surface area contributed by atoms with Crippen LogP contribution < -0.4 is 5.73 Å². The van der Waals surface area contributed by atoms with Crippen molar-refractivity contribution in [3.05, 3.63) is 30.0 Å². The first-order valence-corrected chi connectivity index (χ1v) is 5.31. The second-order valence-corrected chi connectivity index (χ2v) is 4.06. The summed E-state index contributed by atoms with van der Waals surface area (Å²) in [6.45, 7) is 1.99. The quantitative estimate of drug-likeness (QED) is 0.692. The predicted molar refractivity (Wildman–Crippen MR) is 65.4 cm³/mol. The lowest BCUT2D eigenvalue weighted by atomic mass is 10.1. The van der Waals surface area contributed by atoms with Gasteiger partial charge in [-0.25, -0.2) is 0 Å². The van der Waals surface area contributed by atoms with E-state index >= 15 is 0 Å². The molecule has 0 saturated heterocycles. The Labute approximate surface area is 97.8 Å². The van der Waals surface area contributed by atoms with Crippen molar-refractivity contribution in [2.24, 2.45) is 7.05 Å². The second-order valence-electron chi connectivity index (χ2n) is 4.06. The summed E-state index contributed by atoms with van der Waals surface area (Å²) in [7, 11) is 1.93. The molecule has 5 nitrogen and oxygen atoms in total. The lowest BCUT2D eigenvalue weighted by molar-refractivity contribution is 0.439. The molecule has 2 N–H and O–H groups in total. The average molecular weight is 228 g/mol. The van der Waals surface area contributed by atoms with Gasteiger partial charge in [-0.1, -0.05) is 11.2 Å². The molecule has 17 heavy (non-hydrogen) atoms. The largest absolute Gasteiger partial charge is 0.368 e. The Bertz CT molecular complexity index is 696. The number of rotatable bonds is 1. The molecular formula is C12H12N4O. The molecule has 0 unspecified atom stereocenters. The summed E-state index contributed by atoms with van der Waals surface area (Å²) in [6.07, 6.45) is 0. The Balaban J connectivity index is 2.22. The Hall–Kier alpha value is -2.30. The fourth-order valence-corrected chi connectivity index (χ4v) is 2.03. The molecule has 1 aromatic carbocycles. The van der Waals surface area contributed by atoms with E-state index in [0.717, 1.165) is 27.9 Å². The maximum atomic E-state index is 5.52. The molecule has 0 fully saturated rings. The van der Waals surface area contributed by atoms with Gasteiger partial charge in [0, 0.05) is 24.1 Å². The van der Waals surface area contributed by atoms with Crippen LogP contribution in [0.1, 0.15) is 5.69 Å². The van der Waals surface area contributed by atoms with Crippen molar-refractivity contribution in [3.8, 4) is 11.3 Å². The number of nitrogens with two attached hydrogens (primary N) is 1. The van der Waals surface area contributed by atoms with Crippen molar-refractivity contribution in [1.29, 1.82) is 0 Å². The highest BCUT2D eigenvalue weighted by Gasteiger charge is 2.09. The van der Waals surface area contributed by atoms with Crippen molar-refractivity contribution in [3.63, 3.8) is 0 Å². The zero-order chi connectivity index (χ0) is 12.0. The number of aromatic nitrogens is 3. The van der Waals surface area contributed by atoms with Gasteiger partial charge >= 0.3 is 0 Å². The van der Waals surface area contributed by atoms with Crippen molar-refractivity contribution >= 4 is 16.8 Å². The minimum atomic E-state index is 0.322. The fraction of sp³-hybridized carbons (Fsp3) is 0.167. The smallest absolute Gasteiger partial charge is 0.222 e. The summed E-state index contributed by atoms with van der Waals surface area (Å²) < 4.78 is 6.74. The van der Waals surface area contributed by atoms with E-state index in [2.05, 4.69) is 16.3 Å². The Morgan fingerprint density at radius 2 is 2.12 bits per heavy atom. The first kappa shape index (κ1) is 9.89. The van der Waals surface area contributed by atoms with Gasteiger partial charge in [0.1, 0.15) is 5.69 Å². The summed E-state index contributed by atoms with van der Waals surface area (Å²) in [5.41, 5.74) is 9.34. The van der Waals surface area contributed by atoms with Crippen molar-refractivity contribution in [2.75, 3.05) is 5.73 Å². The third kappa shape index (κ3) is 1.47. The van der Waals surface area contributed by atoms with Crippen LogP contribution in [0.15, 0.2) is 28.8 Å². The Morgan fingerprint density at radius 3 is 2.82 bits per heavy atom. The van der Waals surface area contributed by atoms with E-state index in [1.165, 1.54) is 0 Å². The highest BCUT2D eigenvalue weighted by atomic mass is 16.5. The van der Waals surface area contributed by atoms with Gasteiger partial charge in [-0.05, 0) is 19.1 Å². The summed E-state index contributed by atoms with van der Waals surface area (Å²) in [5.74, 6) is 0.322. The van der Waals surface area contributed by atoms with Crippen LogP contribution in [0.5, 0.6) is 0 Å². The van der Waals surface area contributed by atoms with E-state index in [9.17, 15) is 0 Å². The second kappa shape index (κ2) is 3.35. The molecule has 3 rings (SSSR count). The molecule has 0 spiro atoms. The molecule has 0 aliphatic heterocycles. The topological polar surface area (TPSA) is 69.9 Å². The molecule has 0 atom stereocenters. The van der Waals surface area contributed by atoms with Gasteiger partial charge in [-0.3, -0.25) is 4.68 Å². The van der Waals surface area contributed by atoms with Crippen molar-refractivity contribution in [1.82, 2.24) is 14.9 Å². The summed E-state index contributed by atoms with van der Waals surface area (Å²) in [5, 5.41) is 9.40. The third-order valence-corrected chi connectivity index (χ3v) is 2.86. The number of fused-ring (bicyclic) bond motifs is 1. The van der Waals surface area contributed by atoms with Crippen molar-refractivity contribution < 1.29 is 4.52 Å². The Kier molecular flexibility index (Phi) is 1.95. The summed E-state index contributed by atoms with van der Waals surface area (Å²) >= 11 is 0. The molecular weight excluding hydrogens is 216 g/mol. The molecule has 2 heterocycles. The molecule has 0 radical (unpaired) electrons. The van der Waals surface area contributed by atoms with E-state index in [0.29, 0.717) is 5.88 Å². The molecule has 0 aliphatic carbocycles. The minimum absolute atomic E-state index is 0.322. The van der Waals surface area contributed by atoms with Gasteiger partial charge in [-0.2, -0.15) is 5.10 Å². The molecule has 3 aromatic rings. The van der Waals surface area contributed by atoms with E-state index in [4.69, 9.17) is 10.3 Å². The van der Waals surface area contributed by atoms with Crippen LogP contribution in [0, 0.1) is 6.92 Å². The summed E-state index contributed by atoms with van der Waals surface area (Å²) in [4.78, 5) is 0.